The molecule has 0 bridgehead atoms. The SMILES string of the molecule is COc1cccc(CN2CC(CO)CC2=O)c1OC. The molecule has 1 unspecified atom stereocenters. The van der Waals surface area contributed by atoms with Gasteiger partial charge in [0.15, 0.2) is 11.5 Å². The van der Waals surface area contributed by atoms with Crippen molar-refractivity contribution in [2.45, 2.75) is 13.0 Å². The van der Waals surface area contributed by atoms with Crippen molar-refractivity contribution in [2.75, 3.05) is 27.4 Å². The fourth-order valence-corrected chi connectivity index (χ4v) is 2.41. The second kappa shape index (κ2) is 5.93. The van der Waals surface area contributed by atoms with Gasteiger partial charge in [-0.2, -0.15) is 0 Å². The fraction of sp³-hybridized carbons (Fsp3) is 0.500. The molecular weight excluding hydrogens is 246 g/mol. The molecule has 0 spiro atoms. The van der Waals surface area contributed by atoms with Gasteiger partial charge >= 0.3 is 0 Å². The van der Waals surface area contributed by atoms with Crippen LogP contribution in [-0.2, 0) is 11.3 Å². The van der Waals surface area contributed by atoms with Crippen LogP contribution in [0.15, 0.2) is 18.2 Å². The van der Waals surface area contributed by atoms with Gasteiger partial charge in [0.1, 0.15) is 0 Å². The van der Waals surface area contributed by atoms with Gasteiger partial charge in [-0.1, -0.05) is 12.1 Å². The van der Waals surface area contributed by atoms with Gasteiger partial charge in [-0.3, -0.25) is 4.79 Å². The summed E-state index contributed by atoms with van der Waals surface area (Å²) >= 11 is 0. The minimum Gasteiger partial charge on any atom is -0.493 e. The first kappa shape index (κ1) is 13.7. The van der Waals surface area contributed by atoms with Gasteiger partial charge in [-0.15, -0.1) is 0 Å². The normalized spacial score (nSPS) is 18.8. The van der Waals surface area contributed by atoms with Crippen LogP contribution in [0.5, 0.6) is 11.5 Å². The molecule has 1 saturated heterocycles. The molecule has 1 fully saturated rings. The van der Waals surface area contributed by atoms with E-state index in [1.165, 1.54) is 0 Å². The number of hydrogen-bond donors (Lipinski definition) is 1. The Labute approximate surface area is 112 Å². The Balaban J connectivity index is 2.17. The maximum atomic E-state index is 11.8. The zero-order valence-corrected chi connectivity index (χ0v) is 11.3. The Morgan fingerprint density at radius 1 is 1.37 bits per heavy atom. The van der Waals surface area contributed by atoms with E-state index < -0.39 is 0 Å². The van der Waals surface area contributed by atoms with E-state index in [1.54, 1.807) is 19.1 Å². The number of rotatable bonds is 5. The van der Waals surface area contributed by atoms with Crippen LogP contribution < -0.4 is 9.47 Å². The van der Waals surface area contributed by atoms with Gasteiger partial charge in [0.2, 0.25) is 5.91 Å². The molecule has 2 rings (SSSR count). The Morgan fingerprint density at radius 3 is 2.74 bits per heavy atom. The molecule has 1 aliphatic rings. The number of aliphatic hydroxyl groups excluding tert-OH is 1. The average Bonchev–Trinajstić information content (AvgIpc) is 2.79. The number of hydrogen-bond acceptors (Lipinski definition) is 4. The maximum absolute atomic E-state index is 11.8. The number of methoxy groups -OCH3 is 2. The summed E-state index contributed by atoms with van der Waals surface area (Å²) in [5.41, 5.74) is 0.911. The lowest BCUT2D eigenvalue weighted by atomic mass is 10.1. The van der Waals surface area contributed by atoms with E-state index in [9.17, 15) is 4.79 Å². The molecule has 1 atom stereocenters. The van der Waals surface area contributed by atoms with Gasteiger partial charge in [-0.05, 0) is 6.07 Å². The zero-order chi connectivity index (χ0) is 13.8. The Kier molecular flexibility index (Phi) is 4.27. The Hall–Kier alpha value is -1.75. The van der Waals surface area contributed by atoms with E-state index in [0.29, 0.717) is 31.0 Å². The number of para-hydroxylation sites is 1. The van der Waals surface area contributed by atoms with Gasteiger partial charge in [0, 0.05) is 37.6 Å². The zero-order valence-electron chi connectivity index (χ0n) is 11.3. The van der Waals surface area contributed by atoms with Crippen LogP contribution in [0, 0.1) is 5.92 Å². The van der Waals surface area contributed by atoms with Crippen LogP contribution in [0.1, 0.15) is 12.0 Å². The summed E-state index contributed by atoms with van der Waals surface area (Å²) in [5, 5.41) is 9.13. The van der Waals surface area contributed by atoms with Crippen LogP contribution in [0.2, 0.25) is 0 Å². The molecule has 1 aliphatic heterocycles. The summed E-state index contributed by atoms with van der Waals surface area (Å²) in [5.74, 6) is 1.43. The molecule has 1 amide bonds. The highest BCUT2D eigenvalue weighted by atomic mass is 16.5. The largest absolute Gasteiger partial charge is 0.493 e. The molecule has 0 aliphatic carbocycles. The summed E-state index contributed by atoms with van der Waals surface area (Å²) in [6, 6.07) is 5.62. The Morgan fingerprint density at radius 2 is 2.16 bits per heavy atom. The number of benzene rings is 1. The van der Waals surface area contributed by atoms with Crippen molar-refractivity contribution in [3.63, 3.8) is 0 Å². The molecular formula is C14H19NO4. The van der Waals surface area contributed by atoms with Crippen molar-refractivity contribution in [3.8, 4) is 11.5 Å². The number of ether oxygens (including phenoxy) is 2. The standard InChI is InChI=1S/C14H19NO4/c1-18-12-5-3-4-11(14(12)19-2)8-15-7-10(9-16)6-13(15)17/h3-5,10,16H,6-9H2,1-2H3. The first-order valence-corrected chi connectivity index (χ1v) is 6.28. The first-order chi connectivity index (χ1) is 9.19. The molecule has 0 aromatic heterocycles. The van der Waals surface area contributed by atoms with Crippen molar-refractivity contribution in [2.24, 2.45) is 5.92 Å². The highest BCUT2D eigenvalue weighted by molar-refractivity contribution is 5.78. The van der Waals surface area contributed by atoms with Gasteiger partial charge in [-0.25, -0.2) is 0 Å². The molecule has 1 heterocycles. The van der Waals surface area contributed by atoms with Crippen molar-refractivity contribution >= 4 is 5.91 Å². The number of amides is 1. The summed E-state index contributed by atoms with van der Waals surface area (Å²) in [6.45, 7) is 1.13. The van der Waals surface area contributed by atoms with Crippen molar-refractivity contribution in [1.29, 1.82) is 0 Å². The van der Waals surface area contributed by atoms with Gasteiger partial charge < -0.3 is 19.5 Å². The third-order valence-corrected chi connectivity index (χ3v) is 3.40. The number of nitrogens with zero attached hydrogens (tertiary/aromatic N) is 1. The molecule has 1 aromatic carbocycles. The third kappa shape index (κ3) is 2.81. The third-order valence-electron chi connectivity index (χ3n) is 3.40. The molecule has 5 heteroatoms. The second-order valence-corrected chi connectivity index (χ2v) is 4.68. The lowest BCUT2D eigenvalue weighted by Gasteiger charge is -2.19. The molecule has 5 nitrogen and oxygen atoms in total. The molecule has 0 radical (unpaired) electrons. The monoisotopic (exact) mass is 265 g/mol. The Bertz CT molecular complexity index is 461. The predicted octanol–water partition coefficient (Wildman–Crippen LogP) is 1.04. The van der Waals surface area contributed by atoms with Crippen molar-refractivity contribution in [3.05, 3.63) is 23.8 Å². The van der Waals surface area contributed by atoms with Gasteiger partial charge in [0.25, 0.3) is 0 Å². The molecule has 0 saturated carbocycles. The number of carbonyl (C=O) groups excluding carboxylic acids is 1. The van der Waals surface area contributed by atoms with E-state index in [2.05, 4.69) is 0 Å². The highest BCUT2D eigenvalue weighted by Crippen LogP contribution is 2.32. The number of likely N-dealkylation sites (tertiary alicyclic amines) is 1. The average molecular weight is 265 g/mol. The first-order valence-electron chi connectivity index (χ1n) is 6.28. The number of carbonyl (C=O) groups is 1. The quantitative estimate of drug-likeness (QED) is 0.864. The van der Waals surface area contributed by atoms with Crippen molar-refractivity contribution < 1.29 is 19.4 Å². The van der Waals surface area contributed by atoms with Gasteiger partial charge in [0.05, 0.1) is 14.2 Å². The van der Waals surface area contributed by atoms with Crippen LogP contribution in [0.25, 0.3) is 0 Å². The predicted molar refractivity (Wildman–Crippen MR) is 70.2 cm³/mol. The summed E-state index contributed by atoms with van der Waals surface area (Å²) < 4.78 is 10.6. The van der Waals surface area contributed by atoms with Crippen LogP contribution in [0.3, 0.4) is 0 Å². The van der Waals surface area contributed by atoms with E-state index in [4.69, 9.17) is 14.6 Å². The molecule has 19 heavy (non-hydrogen) atoms. The van der Waals surface area contributed by atoms with E-state index in [1.807, 2.05) is 18.2 Å². The van der Waals surface area contributed by atoms with Crippen LogP contribution in [-0.4, -0.2) is 43.3 Å². The van der Waals surface area contributed by atoms with Crippen LogP contribution >= 0.6 is 0 Å². The minimum atomic E-state index is 0.0455. The summed E-state index contributed by atoms with van der Waals surface area (Å²) in [6.07, 6.45) is 0.419. The lowest BCUT2D eigenvalue weighted by molar-refractivity contribution is -0.128. The maximum Gasteiger partial charge on any atom is 0.223 e. The highest BCUT2D eigenvalue weighted by Gasteiger charge is 2.29. The van der Waals surface area contributed by atoms with E-state index in [-0.39, 0.29) is 18.4 Å². The topological polar surface area (TPSA) is 59.0 Å². The summed E-state index contributed by atoms with van der Waals surface area (Å²) in [4.78, 5) is 13.6. The van der Waals surface area contributed by atoms with Crippen molar-refractivity contribution in [1.82, 2.24) is 4.90 Å². The van der Waals surface area contributed by atoms with E-state index >= 15 is 0 Å². The minimum absolute atomic E-state index is 0.0455. The summed E-state index contributed by atoms with van der Waals surface area (Å²) in [7, 11) is 3.17. The molecule has 1 N–H and O–H groups in total. The lowest BCUT2D eigenvalue weighted by Crippen LogP contribution is -2.25. The molecule has 1 aromatic rings. The second-order valence-electron chi connectivity index (χ2n) is 4.68. The number of aliphatic hydroxyl groups is 1. The van der Waals surface area contributed by atoms with E-state index in [0.717, 1.165) is 5.56 Å². The smallest absolute Gasteiger partial charge is 0.223 e. The molecule has 104 valence electrons. The van der Waals surface area contributed by atoms with Crippen LogP contribution in [0.4, 0.5) is 0 Å². The fourth-order valence-electron chi connectivity index (χ4n) is 2.41.